The van der Waals surface area contributed by atoms with Crippen LogP contribution in [0.3, 0.4) is 0 Å². The van der Waals surface area contributed by atoms with Crippen molar-refractivity contribution in [2.24, 2.45) is 11.3 Å². The van der Waals surface area contributed by atoms with E-state index in [1.807, 2.05) is 6.20 Å². The zero-order valence-corrected chi connectivity index (χ0v) is 10.5. The lowest BCUT2D eigenvalue weighted by Gasteiger charge is -2.23. The van der Waals surface area contributed by atoms with E-state index in [4.69, 9.17) is 0 Å². The first kappa shape index (κ1) is 12.0. The van der Waals surface area contributed by atoms with Gasteiger partial charge in [-0.25, -0.2) is 0 Å². The highest BCUT2D eigenvalue weighted by Crippen LogP contribution is 2.32. The number of aromatic nitrogens is 2. The van der Waals surface area contributed by atoms with Crippen LogP contribution < -0.4 is 0 Å². The molecule has 0 saturated heterocycles. The van der Waals surface area contributed by atoms with Crippen LogP contribution in [0.5, 0.6) is 0 Å². The molecule has 2 heteroatoms. The van der Waals surface area contributed by atoms with E-state index in [0.717, 1.165) is 17.8 Å². The summed E-state index contributed by atoms with van der Waals surface area (Å²) >= 11 is 0. The minimum absolute atomic E-state index is 0.106. The van der Waals surface area contributed by atoms with Gasteiger partial charge in [0.2, 0.25) is 0 Å². The molecule has 0 saturated carbocycles. The van der Waals surface area contributed by atoms with Crippen LogP contribution in [0, 0.1) is 11.3 Å². The van der Waals surface area contributed by atoms with E-state index in [-0.39, 0.29) is 5.41 Å². The van der Waals surface area contributed by atoms with Gasteiger partial charge in [-0.2, -0.15) is 5.10 Å². The van der Waals surface area contributed by atoms with Crippen LogP contribution in [0.2, 0.25) is 0 Å². The van der Waals surface area contributed by atoms with E-state index in [1.165, 1.54) is 0 Å². The largest absolute Gasteiger partial charge is 0.265 e. The van der Waals surface area contributed by atoms with Crippen molar-refractivity contribution in [1.29, 1.82) is 0 Å². The molecule has 1 rings (SSSR count). The fourth-order valence-corrected chi connectivity index (χ4v) is 1.46. The van der Waals surface area contributed by atoms with Gasteiger partial charge in [-0.15, -0.1) is 0 Å². The van der Waals surface area contributed by atoms with E-state index in [2.05, 4.69) is 57.0 Å². The second kappa shape index (κ2) is 4.21. The van der Waals surface area contributed by atoms with Crippen LogP contribution in [0.1, 0.15) is 40.3 Å². The standard InChI is InChI=1S/C13H22N2/c1-10(2)9-15-12(7-8-14-15)11(3)13(4,5)6/h7-8,10H,3,9H2,1-2,4-6H3. The summed E-state index contributed by atoms with van der Waals surface area (Å²) in [6, 6.07) is 2.05. The third kappa shape index (κ3) is 2.95. The summed E-state index contributed by atoms with van der Waals surface area (Å²) in [5, 5.41) is 4.35. The van der Waals surface area contributed by atoms with Crippen LogP contribution in [-0.4, -0.2) is 9.78 Å². The second-order valence-corrected chi connectivity index (χ2v) is 5.52. The van der Waals surface area contributed by atoms with Gasteiger partial charge in [0, 0.05) is 12.7 Å². The molecule has 1 aromatic rings. The lowest BCUT2D eigenvalue weighted by Crippen LogP contribution is -2.14. The monoisotopic (exact) mass is 206 g/mol. The Hall–Kier alpha value is -1.05. The molecule has 0 aliphatic carbocycles. The maximum absolute atomic E-state index is 4.35. The van der Waals surface area contributed by atoms with Gasteiger partial charge in [-0.3, -0.25) is 4.68 Å². The smallest absolute Gasteiger partial charge is 0.0641 e. The topological polar surface area (TPSA) is 17.8 Å². The highest BCUT2D eigenvalue weighted by Gasteiger charge is 2.19. The Morgan fingerprint density at radius 1 is 1.47 bits per heavy atom. The van der Waals surface area contributed by atoms with Crippen LogP contribution in [0.15, 0.2) is 18.8 Å². The molecule has 1 aromatic heterocycles. The molecule has 0 aromatic carbocycles. The molecule has 0 radical (unpaired) electrons. The summed E-state index contributed by atoms with van der Waals surface area (Å²) < 4.78 is 2.05. The highest BCUT2D eigenvalue weighted by molar-refractivity contribution is 5.64. The van der Waals surface area contributed by atoms with Gasteiger partial charge in [0.15, 0.2) is 0 Å². The summed E-state index contributed by atoms with van der Waals surface area (Å²) in [5.74, 6) is 0.608. The molecule has 0 N–H and O–H groups in total. The lowest BCUT2D eigenvalue weighted by molar-refractivity contribution is 0.471. The highest BCUT2D eigenvalue weighted by atomic mass is 15.3. The first-order valence-electron chi connectivity index (χ1n) is 5.54. The molecule has 0 bridgehead atoms. The fraction of sp³-hybridized carbons (Fsp3) is 0.615. The van der Waals surface area contributed by atoms with Crippen LogP contribution >= 0.6 is 0 Å². The van der Waals surface area contributed by atoms with Crippen LogP contribution in [-0.2, 0) is 6.54 Å². The number of allylic oxidation sites excluding steroid dienone is 1. The number of rotatable bonds is 3. The molecule has 0 unspecified atom stereocenters. The number of hydrogen-bond donors (Lipinski definition) is 0. The molecule has 0 atom stereocenters. The van der Waals surface area contributed by atoms with Crippen molar-refractivity contribution in [3.8, 4) is 0 Å². The number of nitrogens with zero attached hydrogens (tertiary/aromatic N) is 2. The normalized spacial score (nSPS) is 12.1. The zero-order valence-electron chi connectivity index (χ0n) is 10.5. The Kier molecular flexibility index (Phi) is 3.38. The van der Waals surface area contributed by atoms with Crippen molar-refractivity contribution in [2.75, 3.05) is 0 Å². The minimum Gasteiger partial charge on any atom is -0.265 e. The van der Waals surface area contributed by atoms with Gasteiger partial charge in [-0.1, -0.05) is 41.2 Å². The van der Waals surface area contributed by atoms with Crippen LogP contribution in [0.25, 0.3) is 5.57 Å². The SMILES string of the molecule is C=C(c1ccnn1CC(C)C)C(C)(C)C. The quantitative estimate of drug-likeness (QED) is 0.739. The molecule has 1 heterocycles. The molecule has 0 spiro atoms. The van der Waals surface area contributed by atoms with E-state index in [1.54, 1.807) is 0 Å². The van der Waals surface area contributed by atoms with Crippen molar-refractivity contribution in [1.82, 2.24) is 9.78 Å². The van der Waals surface area contributed by atoms with Gasteiger partial charge < -0.3 is 0 Å². The van der Waals surface area contributed by atoms with E-state index in [0.29, 0.717) is 5.92 Å². The predicted octanol–water partition coefficient (Wildman–Crippen LogP) is 3.60. The fourth-order valence-electron chi connectivity index (χ4n) is 1.46. The van der Waals surface area contributed by atoms with Crippen molar-refractivity contribution in [3.05, 3.63) is 24.5 Å². The average molecular weight is 206 g/mol. The Bertz CT molecular complexity index is 340. The summed E-state index contributed by atoms with van der Waals surface area (Å²) in [4.78, 5) is 0. The van der Waals surface area contributed by atoms with E-state index < -0.39 is 0 Å². The Morgan fingerprint density at radius 3 is 2.53 bits per heavy atom. The molecule has 2 nitrogen and oxygen atoms in total. The second-order valence-electron chi connectivity index (χ2n) is 5.52. The third-order valence-electron chi connectivity index (χ3n) is 2.47. The van der Waals surface area contributed by atoms with Crippen LogP contribution in [0.4, 0.5) is 0 Å². The van der Waals surface area contributed by atoms with Gasteiger partial charge >= 0.3 is 0 Å². The van der Waals surface area contributed by atoms with Crippen molar-refractivity contribution in [2.45, 2.75) is 41.2 Å². The summed E-state index contributed by atoms with van der Waals surface area (Å²) in [6.45, 7) is 16.1. The van der Waals surface area contributed by atoms with Crippen molar-refractivity contribution < 1.29 is 0 Å². The van der Waals surface area contributed by atoms with E-state index in [9.17, 15) is 0 Å². The van der Waals surface area contributed by atoms with Gasteiger partial charge in [0.05, 0.1) is 5.69 Å². The van der Waals surface area contributed by atoms with Gasteiger partial charge in [-0.05, 0) is 23.0 Å². The minimum atomic E-state index is 0.106. The maximum Gasteiger partial charge on any atom is 0.0641 e. The maximum atomic E-state index is 4.35. The molecular weight excluding hydrogens is 184 g/mol. The Labute approximate surface area is 93.0 Å². The molecule has 0 amide bonds. The summed E-state index contributed by atoms with van der Waals surface area (Å²) in [5.41, 5.74) is 2.42. The lowest BCUT2D eigenvalue weighted by atomic mass is 9.85. The molecule has 15 heavy (non-hydrogen) atoms. The first-order chi connectivity index (χ1) is 6.82. The first-order valence-corrected chi connectivity index (χ1v) is 5.54. The predicted molar refractivity (Wildman–Crippen MR) is 65.6 cm³/mol. The average Bonchev–Trinajstić information content (AvgIpc) is 2.48. The zero-order chi connectivity index (χ0) is 11.6. The van der Waals surface area contributed by atoms with Crippen molar-refractivity contribution >= 4 is 5.57 Å². The van der Waals surface area contributed by atoms with E-state index >= 15 is 0 Å². The van der Waals surface area contributed by atoms with Gasteiger partial charge in [0.1, 0.15) is 0 Å². The third-order valence-corrected chi connectivity index (χ3v) is 2.47. The van der Waals surface area contributed by atoms with Crippen molar-refractivity contribution in [3.63, 3.8) is 0 Å². The molecule has 0 aliphatic heterocycles. The summed E-state index contributed by atoms with van der Waals surface area (Å²) in [7, 11) is 0. The molecule has 0 fully saturated rings. The number of hydrogen-bond acceptors (Lipinski definition) is 1. The Morgan fingerprint density at radius 2 is 2.07 bits per heavy atom. The molecule has 0 aliphatic rings. The Balaban J connectivity index is 2.95. The molecule has 84 valence electrons. The van der Waals surface area contributed by atoms with Gasteiger partial charge in [0.25, 0.3) is 0 Å². The summed E-state index contributed by atoms with van der Waals surface area (Å²) in [6.07, 6.45) is 1.86. The molecular formula is C13H22N2.